The molecule has 1 fully saturated rings. The Bertz CT molecular complexity index is 1780. The van der Waals surface area contributed by atoms with Crippen LogP contribution >= 0.6 is 22.9 Å². The molecule has 6 rings (SSSR count). The number of nitrogens with two attached hydrogens (primary N) is 1. The van der Waals surface area contributed by atoms with E-state index < -0.39 is 0 Å². The lowest BCUT2D eigenvalue weighted by atomic mass is 9.98. The van der Waals surface area contributed by atoms with E-state index in [1.165, 1.54) is 11.3 Å². The number of ether oxygens (including phenoxy) is 2. The smallest absolute Gasteiger partial charge is 0.266 e. The molecular weight excluding hydrogens is 568 g/mol. The van der Waals surface area contributed by atoms with Crippen LogP contribution in [-0.4, -0.2) is 56.2 Å². The summed E-state index contributed by atoms with van der Waals surface area (Å²) in [7, 11) is 3.27. The number of hydrogen-bond acceptors (Lipinski definition) is 7. The molecule has 2 N–H and O–H groups in total. The van der Waals surface area contributed by atoms with Crippen molar-refractivity contribution in [3.05, 3.63) is 88.3 Å². The number of piperazine rings is 1. The molecule has 1 saturated heterocycles. The van der Waals surface area contributed by atoms with Crippen LogP contribution in [0, 0.1) is 6.92 Å². The molecule has 3 aromatic carbocycles. The van der Waals surface area contributed by atoms with Gasteiger partial charge in [-0.2, -0.15) is 0 Å². The number of hydrogen-bond donors (Lipinski definition) is 1. The topological polar surface area (TPSA) is 80.9 Å². The van der Waals surface area contributed by atoms with Crippen molar-refractivity contribution in [2.24, 2.45) is 0 Å². The second kappa shape index (κ2) is 11.5. The quantitative estimate of drug-likeness (QED) is 0.223. The van der Waals surface area contributed by atoms with Gasteiger partial charge in [0, 0.05) is 59.0 Å². The maximum atomic E-state index is 13.9. The summed E-state index contributed by atoms with van der Waals surface area (Å²) in [5.41, 5.74) is 12.9. The molecule has 0 saturated carbocycles. The summed E-state index contributed by atoms with van der Waals surface area (Å²) in [5.74, 6) is 1.28. The molecule has 0 radical (unpaired) electrons. The van der Waals surface area contributed by atoms with Crippen LogP contribution in [0.1, 0.15) is 15.2 Å². The molecule has 0 atom stereocenters. The summed E-state index contributed by atoms with van der Waals surface area (Å²) in [6.07, 6.45) is 0. The minimum absolute atomic E-state index is 0.0808. The molecule has 42 heavy (non-hydrogen) atoms. The molecule has 214 valence electrons. The van der Waals surface area contributed by atoms with Gasteiger partial charge in [-0.25, -0.2) is 4.98 Å². The van der Waals surface area contributed by atoms with Crippen LogP contribution in [0.5, 0.6) is 11.5 Å². The zero-order valence-corrected chi connectivity index (χ0v) is 25.3. The molecule has 7 nitrogen and oxygen atoms in total. The van der Waals surface area contributed by atoms with E-state index in [-0.39, 0.29) is 5.91 Å². The van der Waals surface area contributed by atoms with E-state index in [4.69, 9.17) is 31.8 Å². The molecule has 0 bridgehead atoms. The number of methoxy groups -OCH3 is 2. The average Bonchev–Trinajstić information content (AvgIpc) is 3.37. The highest BCUT2D eigenvalue weighted by molar-refractivity contribution is 7.21. The Labute approximate surface area is 254 Å². The van der Waals surface area contributed by atoms with Crippen LogP contribution in [0.25, 0.3) is 32.6 Å². The average molecular weight is 599 g/mol. The Morgan fingerprint density at radius 3 is 2.40 bits per heavy atom. The standard InChI is InChI=1S/C33H31ClN4O3S/c1-20-9-10-22(34)17-27(20)37-13-15-38(16-14-37)33(39)31-30(35)29-25(24-18-23(40-2)11-12-28(24)41-3)19-26(36-32(29)42-31)21-7-5-4-6-8-21/h4-12,17-19H,13-16,35H2,1-3H3. The molecule has 0 spiro atoms. The monoisotopic (exact) mass is 598 g/mol. The maximum absolute atomic E-state index is 13.9. The van der Waals surface area contributed by atoms with Crippen molar-refractivity contribution >= 4 is 50.4 Å². The number of anilines is 2. The fraction of sp³-hybridized carbons (Fsp3) is 0.212. The first-order valence-electron chi connectivity index (χ1n) is 13.7. The largest absolute Gasteiger partial charge is 0.497 e. The van der Waals surface area contributed by atoms with Crippen LogP contribution in [0.3, 0.4) is 0 Å². The van der Waals surface area contributed by atoms with Gasteiger partial charge in [0.1, 0.15) is 21.2 Å². The number of aromatic nitrogens is 1. The van der Waals surface area contributed by atoms with Gasteiger partial charge < -0.3 is 25.0 Å². The van der Waals surface area contributed by atoms with Crippen molar-refractivity contribution in [1.82, 2.24) is 9.88 Å². The van der Waals surface area contributed by atoms with Gasteiger partial charge >= 0.3 is 0 Å². The lowest BCUT2D eigenvalue weighted by Crippen LogP contribution is -2.49. The minimum Gasteiger partial charge on any atom is -0.497 e. The van der Waals surface area contributed by atoms with E-state index in [0.29, 0.717) is 58.1 Å². The van der Waals surface area contributed by atoms with Crippen LogP contribution in [0.4, 0.5) is 11.4 Å². The Hall–Kier alpha value is -4.27. The number of rotatable bonds is 6. The Morgan fingerprint density at radius 2 is 1.69 bits per heavy atom. The third-order valence-corrected chi connectivity index (χ3v) is 9.06. The Morgan fingerprint density at radius 1 is 0.929 bits per heavy atom. The molecular formula is C33H31ClN4O3S. The Kier molecular flexibility index (Phi) is 7.66. The molecule has 2 aromatic heterocycles. The van der Waals surface area contributed by atoms with Crippen molar-refractivity contribution in [3.63, 3.8) is 0 Å². The molecule has 3 heterocycles. The number of carbonyl (C=O) groups excluding carboxylic acids is 1. The van der Waals surface area contributed by atoms with Crippen LogP contribution in [0.15, 0.2) is 72.8 Å². The first-order valence-corrected chi connectivity index (χ1v) is 14.9. The first-order chi connectivity index (χ1) is 20.4. The van der Waals surface area contributed by atoms with E-state index >= 15 is 0 Å². The van der Waals surface area contributed by atoms with Crippen molar-refractivity contribution in [2.75, 3.05) is 51.0 Å². The van der Waals surface area contributed by atoms with E-state index in [1.807, 2.05) is 77.7 Å². The number of aryl methyl sites for hydroxylation is 1. The lowest BCUT2D eigenvalue weighted by Gasteiger charge is -2.36. The summed E-state index contributed by atoms with van der Waals surface area (Å²) in [6.45, 7) is 4.66. The summed E-state index contributed by atoms with van der Waals surface area (Å²) >= 11 is 7.61. The van der Waals surface area contributed by atoms with E-state index in [9.17, 15) is 4.79 Å². The van der Waals surface area contributed by atoms with Gasteiger partial charge in [-0.15, -0.1) is 11.3 Å². The number of thiophene rings is 1. The number of amides is 1. The number of benzene rings is 3. The molecule has 1 aliphatic rings. The predicted octanol–water partition coefficient (Wildman–Crippen LogP) is 7.15. The maximum Gasteiger partial charge on any atom is 0.266 e. The van der Waals surface area contributed by atoms with Crippen LogP contribution in [-0.2, 0) is 0 Å². The number of nitrogen functional groups attached to an aromatic ring is 1. The SMILES string of the molecule is COc1ccc(OC)c(-c2cc(-c3ccccc3)nc3sc(C(=O)N4CCN(c5cc(Cl)ccc5C)CC4)c(N)c23)c1. The number of nitrogens with zero attached hydrogens (tertiary/aromatic N) is 3. The fourth-order valence-electron chi connectivity index (χ4n) is 5.49. The molecule has 0 aliphatic carbocycles. The van der Waals surface area contributed by atoms with E-state index in [2.05, 4.69) is 11.8 Å². The summed E-state index contributed by atoms with van der Waals surface area (Å²) in [5, 5.41) is 1.45. The van der Waals surface area contributed by atoms with Crippen LogP contribution < -0.4 is 20.1 Å². The van der Waals surface area contributed by atoms with Crippen LogP contribution in [0.2, 0.25) is 5.02 Å². The second-order valence-corrected chi connectivity index (χ2v) is 11.7. The predicted molar refractivity (Wildman–Crippen MR) is 172 cm³/mol. The van der Waals surface area contributed by atoms with Gasteiger partial charge in [-0.1, -0.05) is 48.0 Å². The molecule has 5 aromatic rings. The van der Waals surface area contributed by atoms with Gasteiger partial charge in [-0.3, -0.25) is 4.79 Å². The van der Waals surface area contributed by atoms with Crippen molar-refractivity contribution in [3.8, 4) is 33.9 Å². The molecule has 1 amide bonds. The van der Waals surface area contributed by atoms with Crippen molar-refractivity contribution < 1.29 is 14.3 Å². The lowest BCUT2D eigenvalue weighted by molar-refractivity contribution is 0.0752. The van der Waals surface area contributed by atoms with Gasteiger partial charge in [-0.05, 0) is 48.9 Å². The van der Waals surface area contributed by atoms with E-state index in [0.717, 1.165) is 39.0 Å². The number of pyridine rings is 1. The van der Waals surface area contributed by atoms with Gasteiger partial charge in [0.05, 0.1) is 25.6 Å². The van der Waals surface area contributed by atoms with Crippen molar-refractivity contribution in [1.29, 1.82) is 0 Å². The summed E-state index contributed by atoms with van der Waals surface area (Å²) in [6, 6.07) is 23.6. The number of halogens is 1. The fourth-order valence-corrected chi connectivity index (χ4v) is 6.74. The van der Waals surface area contributed by atoms with Gasteiger partial charge in [0.25, 0.3) is 5.91 Å². The Balaban J connectivity index is 1.40. The third kappa shape index (κ3) is 5.12. The normalized spacial score (nSPS) is 13.4. The molecule has 1 aliphatic heterocycles. The highest BCUT2D eigenvalue weighted by atomic mass is 35.5. The number of carbonyl (C=O) groups is 1. The number of fused-ring (bicyclic) bond motifs is 1. The minimum atomic E-state index is -0.0808. The molecule has 0 unspecified atom stereocenters. The van der Waals surface area contributed by atoms with E-state index in [1.54, 1.807) is 14.2 Å². The zero-order valence-electron chi connectivity index (χ0n) is 23.7. The zero-order chi connectivity index (χ0) is 29.4. The third-order valence-electron chi connectivity index (χ3n) is 7.74. The highest BCUT2D eigenvalue weighted by Gasteiger charge is 2.28. The summed E-state index contributed by atoms with van der Waals surface area (Å²) < 4.78 is 11.3. The van der Waals surface area contributed by atoms with Gasteiger partial charge in [0.2, 0.25) is 0 Å². The van der Waals surface area contributed by atoms with Crippen molar-refractivity contribution in [2.45, 2.75) is 6.92 Å². The molecule has 9 heteroatoms. The van der Waals surface area contributed by atoms with Gasteiger partial charge in [0.15, 0.2) is 0 Å². The first kappa shape index (κ1) is 27.9. The summed E-state index contributed by atoms with van der Waals surface area (Å²) in [4.78, 5) is 24.3. The second-order valence-electron chi connectivity index (χ2n) is 10.2. The highest BCUT2D eigenvalue weighted by Crippen LogP contribution is 2.45.